The van der Waals surface area contributed by atoms with Gasteiger partial charge < -0.3 is 24.6 Å². The molecule has 2 aromatic rings. The first-order valence-electron chi connectivity index (χ1n) is 22.3. The van der Waals surface area contributed by atoms with Crippen molar-refractivity contribution < 1.29 is 55.6 Å². The summed E-state index contributed by atoms with van der Waals surface area (Å²) in [7, 11) is 0. The van der Waals surface area contributed by atoms with Crippen LogP contribution in [0.5, 0.6) is 5.75 Å². The molecule has 0 radical (unpaired) electrons. The monoisotopic (exact) mass is 871 g/mol. The third-order valence-corrected chi connectivity index (χ3v) is 16.9. The zero-order valence-corrected chi connectivity index (χ0v) is 36.1. The Morgan fingerprint density at radius 3 is 2.24 bits per heavy atom. The Bertz CT molecular complexity index is 2120. The van der Waals surface area contributed by atoms with Gasteiger partial charge in [-0.15, -0.1) is 13.2 Å². The molecule has 7 aliphatic carbocycles. The van der Waals surface area contributed by atoms with Crippen LogP contribution in [0.15, 0.2) is 72.3 Å². The maximum Gasteiger partial charge on any atom is 0.573 e. The molecule has 338 valence electrons. The molecule has 0 aliphatic heterocycles. The van der Waals surface area contributed by atoms with E-state index in [9.17, 15) is 46.1 Å². The lowest BCUT2D eigenvalue weighted by molar-refractivity contribution is -0.274. The van der Waals surface area contributed by atoms with Crippen molar-refractivity contribution in [1.29, 1.82) is 0 Å². The summed E-state index contributed by atoms with van der Waals surface area (Å²) in [5.74, 6) is -0.693. The molecule has 9 rings (SSSR count). The molecule has 7 aliphatic rings. The Kier molecular flexibility index (Phi) is 11.1. The van der Waals surface area contributed by atoms with Gasteiger partial charge in [0.1, 0.15) is 11.9 Å². The highest BCUT2D eigenvalue weighted by molar-refractivity contribution is 6.10. The minimum absolute atomic E-state index is 0.0709. The van der Waals surface area contributed by atoms with Crippen molar-refractivity contribution >= 4 is 11.9 Å². The second kappa shape index (κ2) is 15.4. The number of carbonyl (C=O) groups excluding carboxylic acids is 2. The van der Waals surface area contributed by atoms with Crippen molar-refractivity contribution in [2.45, 2.75) is 136 Å². The number of fused-ring (bicyclic) bond motifs is 1. The van der Waals surface area contributed by atoms with Gasteiger partial charge in [0.25, 0.3) is 0 Å². The van der Waals surface area contributed by atoms with Crippen LogP contribution in [0.25, 0.3) is 0 Å². The summed E-state index contributed by atoms with van der Waals surface area (Å²) in [6.45, 7) is 10.3. The van der Waals surface area contributed by atoms with Crippen LogP contribution in [0.1, 0.15) is 120 Å². The molecule has 11 unspecified atom stereocenters. The van der Waals surface area contributed by atoms with E-state index in [-0.39, 0.29) is 60.3 Å². The van der Waals surface area contributed by atoms with Gasteiger partial charge in [-0.3, -0.25) is 4.79 Å². The van der Waals surface area contributed by atoms with Crippen molar-refractivity contribution in [3.8, 4) is 5.75 Å². The lowest BCUT2D eigenvalue weighted by Gasteiger charge is -2.71. The molecular formula is C49H59F6NO6. The van der Waals surface area contributed by atoms with E-state index in [4.69, 9.17) is 4.74 Å². The number of allylic oxidation sites excluding steroid dienone is 4. The third kappa shape index (κ3) is 7.38. The summed E-state index contributed by atoms with van der Waals surface area (Å²) in [5, 5.41) is 24.3. The number of ketones is 1. The number of Topliss-reactive ketones (excluding diaryl/α,β-unsaturated/α-hetero) is 1. The molecule has 0 heterocycles. The standard InChI is InChI=1S/C49H59F6NO6/c1-29(2)36-14-9-30(3)23-38(36)61-42(59)56(27-31-10-12-35(13-11-31)62-49(53,54)55)28-46(60)20-17-40-44(46,5)19-16-39-43(4)18-15-34(57)25-45(43)21-22-47(39,40)37(26-45)41(58)32-7-6-8-33(24-32)48(50,51)52/h6-8,10-13,21-22,24,26,29-30,34,36,38-40,57,60H,9,14-20,23,25,27-28H2,1-5H3. The van der Waals surface area contributed by atoms with Gasteiger partial charge in [-0.2, -0.15) is 13.2 Å². The van der Waals surface area contributed by atoms with Gasteiger partial charge in [0.15, 0.2) is 5.78 Å². The van der Waals surface area contributed by atoms with E-state index >= 15 is 0 Å². The van der Waals surface area contributed by atoms with E-state index in [1.54, 1.807) is 0 Å². The first-order valence-corrected chi connectivity index (χ1v) is 22.3. The quantitative estimate of drug-likeness (QED) is 0.148. The summed E-state index contributed by atoms with van der Waals surface area (Å²) in [6.07, 6.45) is 1.04. The fourth-order valence-corrected chi connectivity index (χ4v) is 13.6. The van der Waals surface area contributed by atoms with Gasteiger partial charge in [-0.05, 0) is 123 Å². The zero-order chi connectivity index (χ0) is 44.8. The van der Waals surface area contributed by atoms with E-state index in [0.717, 1.165) is 25.0 Å². The van der Waals surface area contributed by atoms with Crippen molar-refractivity contribution in [1.82, 2.24) is 4.90 Å². The number of hydrogen-bond acceptors (Lipinski definition) is 6. The summed E-state index contributed by atoms with van der Waals surface area (Å²) in [5.41, 5.74) is -4.59. The average molecular weight is 872 g/mol. The minimum Gasteiger partial charge on any atom is -0.446 e. The van der Waals surface area contributed by atoms with Crippen molar-refractivity contribution in [3.63, 3.8) is 0 Å². The van der Waals surface area contributed by atoms with Crippen molar-refractivity contribution in [3.05, 3.63) is 89.0 Å². The Morgan fingerprint density at radius 1 is 0.887 bits per heavy atom. The maximum atomic E-state index is 15.0. The number of hydrogen-bond donors (Lipinski definition) is 2. The molecule has 2 aromatic carbocycles. The second-order valence-electron chi connectivity index (χ2n) is 20.5. The van der Waals surface area contributed by atoms with E-state index in [1.165, 1.54) is 41.3 Å². The number of benzene rings is 2. The topological polar surface area (TPSA) is 96.3 Å². The summed E-state index contributed by atoms with van der Waals surface area (Å²) < 4.78 is 91.6. The Labute approximate surface area is 359 Å². The van der Waals surface area contributed by atoms with Crippen LogP contribution in [0, 0.1) is 51.2 Å². The third-order valence-electron chi connectivity index (χ3n) is 16.9. The molecule has 1 amide bonds. The van der Waals surface area contributed by atoms with Crippen LogP contribution in [-0.4, -0.2) is 57.7 Å². The van der Waals surface area contributed by atoms with Crippen LogP contribution >= 0.6 is 0 Å². The second-order valence-corrected chi connectivity index (χ2v) is 20.5. The number of amides is 1. The Morgan fingerprint density at radius 2 is 1.56 bits per heavy atom. The van der Waals surface area contributed by atoms with Crippen LogP contribution in [0.4, 0.5) is 31.1 Å². The number of ether oxygens (including phenoxy) is 2. The molecule has 4 fully saturated rings. The van der Waals surface area contributed by atoms with E-state index in [1.807, 2.05) is 13.0 Å². The van der Waals surface area contributed by atoms with E-state index in [2.05, 4.69) is 44.6 Å². The fourth-order valence-electron chi connectivity index (χ4n) is 13.6. The summed E-state index contributed by atoms with van der Waals surface area (Å²) in [4.78, 5) is 31.0. The first kappa shape index (κ1) is 44.8. The van der Waals surface area contributed by atoms with Crippen molar-refractivity contribution in [2.75, 3.05) is 6.54 Å². The van der Waals surface area contributed by atoms with Crippen LogP contribution in [0.2, 0.25) is 0 Å². The molecule has 2 N–H and O–H groups in total. The highest BCUT2D eigenvalue weighted by Crippen LogP contribution is 2.78. The molecule has 13 heteroatoms. The molecule has 2 spiro atoms. The van der Waals surface area contributed by atoms with Gasteiger partial charge in [0, 0.05) is 33.9 Å². The maximum absolute atomic E-state index is 15.0. The molecule has 62 heavy (non-hydrogen) atoms. The van der Waals surface area contributed by atoms with Crippen molar-refractivity contribution in [2.24, 2.45) is 51.2 Å². The lowest BCUT2D eigenvalue weighted by Crippen LogP contribution is -2.67. The number of halogens is 6. The van der Waals surface area contributed by atoms with Gasteiger partial charge >= 0.3 is 18.6 Å². The van der Waals surface area contributed by atoms with Gasteiger partial charge in [0.05, 0.1) is 23.8 Å². The van der Waals surface area contributed by atoms with Gasteiger partial charge in [0.2, 0.25) is 0 Å². The Balaban J connectivity index is 1.17. The number of aliphatic hydroxyl groups excluding tert-OH is 1. The molecule has 7 nitrogen and oxygen atoms in total. The zero-order valence-electron chi connectivity index (χ0n) is 36.1. The number of nitrogens with zero attached hydrogens (tertiary/aromatic N) is 1. The normalized spacial score (nSPS) is 37.5. The van der Waals surface area contributed by atoms with Gasteiger partial charge in [-0.25, -0.2) is 4.79 Å². The van der Waals surface area contributed by atoms with Crippen LogP contribution in [0.3, 0.4) is 0 Å². The summed E-state index contributed by atoms with van der Waals surface area (Å²) in [6, 6.07) is 9.79. The largest absolute Gasteiger partial charge is 0.573 e. The lowest BCUT2D eigenvalue weighted by atomic mass is 9.32. The number of alkyl halides is 6. The molecular weight excluding hydrogens is 813 g/mol. The number of aliphatic hydroxyl groups is 2. The average Bonchev–Trinajstić information content (AvgIpc) is 3.46. The highest BCUT2D eigenvalue weighted by Gasteiger charge is 2.74. The molecule has 4 saturated carbocycles. The van der Waals surface area contributed by atoms with Crippen LogP contribution in [-0.2, 0) is 17.5 Å². The van der Waals surface area contributed by atoms with E-state index < -0.39 is 63.7 Å². The number of carbonyl (C=O) groups is 2. The first-order chi connectivity index (χ1) is 28.9. The smallest absolute Gasteiger partial charge is 0.446 e. The van der Waals surface area contributed by atoms with Gasteiger partial charge in [-0.1, -0.05) is 83.5 Å². The number of rotatable bonds is 9. The predicted octanol–water partition coefficient (Wildman–Crippen LogP) is 11.5. The Hall–Kier alpha value is -3.84. The fraction of sp³-hybridized carbons (Fsp3) is 0.633. The molecule has 0 saturated heterocycles. The highest BCUT2D eigenvalue weighted by atomic mass is 19.4. The van der Waals surface area contributed by atoms with E-state index in [0.29, 0.717) is 62.0 Å². The molecule has 0 aromatic heterocycles. The molecule has 11 atom stereocenters. The predicted molar refractivity (Wildman–Crippen MR) is 219 cm³/mol. The summed E-state index contributed by atoms with van der Waals surface area (Å²) >= 11 is 0. The molecule has 2 bridgehead atoms. The van der Waals surface area contributed by atoms with Crippen LogP contribution < -0.4 is 4.74 Å². The minimum atomic E-state index is -4.88. The SMILES string of the molecule is CC1CCC(C(C)C)C(OC(=O)N(Cc2ccc(OC(F)(F)F)cc2)CC2(O)CCC3C45C=CC6(C=C4C(=O)c4cccc(C(F)(F)F)c4)CC(O)CCC6(C)C5CCC32C)C1.